The molecule has 12 nitrogen and oxygen atoms in total. The average Bonchev–Trinajstić information content (AvgIpc) is 3.45. The molecular formula is C29H43N5O7S. The number of nitrogens with two attached hydrogens (primary N) is 2. The van der Waals surface area contributed by atoms with Crippen LogP contribution < -0.4 is 22.1 Å². The number of carbonyl (C=O) groups excluding carboxylic acids is 2. The highest BCUT2D eigenvalue weighted by atomic mass is 32.2. The van der Waals surface area contributed by atoms with Gasteiger partial charge in [-0.25, -0.2) is 18.0 Å². The SMILES string of the molecule is CC(C)CN(C[C@H](OC(=O)NCCCN)[C@@H](Cc1ccccc1)NC(=O)O[C@H]1CCOC1)S(=O)(=O)c1ccc(N)cc1. The number of sulfonamides is 1. The minimum absolute atomic E-state index is 0.0525. The van der Waals surface area contributed by atoms with Gasteiger partial charge >= 0.3 is 12.2 Å². The normalized spacial score (nSPS) is 16.6. The molecule has 0 spiro atoms. The van der Waals surface area contributed by atoms with Crippen LogP contribution in [-0.2, 0) is 30.7 Å². The Labute approximate surface area is 248 Å². The molecule has 2 aromatic rings. The first-order chi connectivity index (χ1) is 20.1. The van der Waals surface area contributed by atoms with Gasteiger partial charge in [0.05, 0.1) is 30.7 Å². The monoisotopic (exact) mass is 605 g/mol. The second-order valence-corrected chi connectivity index (χ2v) is 12.6. The first kappa shape index (κ1) is 33.1. The van der Waals surface area contributed by atoms with E-state index >= 15 is 0 Å². The fourth-order valence-corrected chi connectivity index (χ4v) is 6.09. The van der Waals surface area contributed by atoms with Crippen LogP contribution in [0.2, 0.25) is 0 Å². The standard InChI is InChI=1S/C29H43N5O7S/c1-21(2)18-34(42(37,38)25-11-9-23(31)10-12-25)19-27(41-28(35)32-15-6-14-30)26(17-22-7-4-3-5-8-22)33-29(36)40-24-13-16-39-20-24/h3-5,7-12,21,24,26-27H,6,13-20,30-31H2,1-2H3,(H,32,35)(H,33,36)/t24-,26+,27-/m0/s1. The lowest BCUT2D eigenvalue weighted by Crippen LogP contribution is -2.54. The third kappa shape index (κ3) is 10.5. The summed E-state index contributed by atoms with van der Waals surface area (Å²) >= 11 is 0. The molecule has 2 amide bonds. The first-order valence-corrected chi connectivity index (χ1v) is 15.6. The number of hydrogen-bond acceptors (Lipinski definition) is 9. The molecule has 0 unspecified atom stereocenters. The quantitative estimate of drug-likeness (QED) is 0.176. The Bertz CT molecular complexity index is 1220. The molecule has 1 aliphatic heterocycles. The Hall–Kier alpha value is -3.39. The first-order valence-electron chi connectivity index (χ1n) is 14.2. The van der Waals surface area contributed by atoms with Gasteiger partial charge in [0.2, 0.25) is 10.0 Å². The van der Waals surface area contributed by atoms with E-state index in [2.05, 4.69) is 10.6 Å². The summed E-state index contributed by atoms with van der Waals surface area (Å²) < 4.78 is 45.6. The molecule has 3 atom stereocenters. The maximum absolute atomic E-state index is 13.8. The van der Waals surface area contributed by atoms with E-state index in [4.69, 9.17) is 25.7 Å². The van der Waals surface area contributed by atoms with Crippen LogP contribution in [-0.4, -0.2) is 82.6 Å². The number of alkyl carbamates (subject to hydrolysis) is 2. The van der Waals surface area contributed by atoms with Crippen LogP contribution >= 0.6 is 0 Å². The number of hydrogen-bond donors (Lipinski definition) is 4. The summed E-state index contributed by atoms with van der Waals surface area (Å²) in [5, 5.41) is 5.49. The molecule has 2 aromatic carbocycles. The summed E-state index contributed by atoms with van der Waals surface area (Å²) in [5.74, 6) is -0.0551. The predicted molar refractivity (Wildman–Crippen MR) is 159 cm³/mol. The van der Waals surface area contributed by atoms with Crippen molar-refractivity contribution in [2.45, 2.75) is 56.3 Å². The van der Waals surface area contributed by atoms with Gasteiger partial charge in [-0.2, -0.15) is 4.31 Å². The van der Waals surface area contributed by atoms with Gasteiger partial charge in [-0.1, -0.05) is 44.2 Å². The van der Waals surface area contributed by atoms with Crippen molar-refractivity contribution in [3.63, 3.8) is 0 Å². The average molecular weight is 606 g/mol. The van der Waals surface area contributed by atoms with Gasteiger partial charge in [0.25, 0.3) is 0 Å². The van der Waals surface area contributed by atoms with E-state index in [9.17, 15) is 18.0 Å². The van der Waals surface area contributed by atoms with E-state index in [0.717, 1.165) is 5.56 Å². The summed E-state index contributed by atoms with van der Waals surface area (Å²) in [6, 6.07) is 14.4. The number of nitrogens with one attached hydrogen (secondary N) is 2. The van der Waals surface area contributed by atoms with Gasteiger partial charge in [-0.3, -0.25) is 0 Å². The molecule has 1 heterocycles. The van der Waals surface area contributed by atoms with Gasteiger partial charge in [0.1, 0.15) is 12.2 Å². The van der Waals surface area contributed by atoms with Crippen LogP contribution in [0.5, 0.6) is 0 Å². The molecule has 13 heteroatoms. The highest BCUT2D eigenvalue weighted by Gasteiger charge is 2.35. The molecule has 1 fully saturated rings. The maximum Gasteiger partial charge on any atom is 0.407 e. The topological polar surface area (TPSA) is 175 Å². The summed E-state index contributed by atoms with van der Waals surface area (Å²) in [5.41, 5.74) is 12.6. The van der Waals surface area contributed by atoms with Crippen molar-refractivity contribution in [2.24, 2.45) is 11.7 Å². The van der Waals surface area contributed by atoms with Gasteiger partial charge < -0.3 is 36.3 Å². The molecule has 0 bridgehead atoms. The molecule has 3 rings (SSSR count). The summed E-state index contributed by atoms with van der Waals surface area (Å²) in [7, 11) is -4.03. The van der Waals surface area contributed by atoms with Gasteiger partial charge in [0.15, 0.2) is 0 Å². The molecule has 0 aromatic heterocycles. The van der Waals surface area contributed by atoms with Crippen molar-refractivity contribution >= 4 is 27.9 Å². The Morgan fingerprint density at radius 2 is 1.79 bits per heavy atom. The Balaban J connectivity index is 1.95. The van der Waals surface area contributed by atoms with E-state index < -0.39 is 40.5 Å². The molecule has 0 radical (unpaired) electrons. The van der Waals surface area contributed by atoms with E-state index in [1.807, 2.05) is 44.2 Å². The van der Waals surface area contributed by atoms with E-state index in [1.54, 1.807) is 0 Å². The fraction of sp³-hybridized carbons (Fsp3) is 0.517. The molecule has 1 saturated heterocycles. The zero-order valence-electron chi connectivity index (χ0n) is 24.2. The molecule has 42 heavy (non-hydrogen) atoms. The number of amides is 2. The van der Waals surface area contributed by atoms with Gasteiger partial charge in [-0.05, 0) is 55.1 Å². The molecule has 232 valence electrons. The fourth-order valence-electron chi connectivity index (χ4n) is 4.47. The molecule has 0 aliphatic carbocycles. The number of rotatable bonds is 15. The molecule has 0 saturated carbocycles. The van der Waals surface area contributed by atoms with E-state index in [0.29, 0.717) is 38.3 Å². The van der Waals surface area contributed by atoms with E-state index in [-0.39, 0.29) is 36.9 Å². The Morgan fingerprint density at radius 3 is 2.40 bits per heavy atom. The van der Waals surface area contributed by atoms with Crippen molar-refractivity contribution in [1.29, 1.82) is 0 Å². The summed E-state index contributed by atoms with van der Waals surface area (Å²) in [6.45, 7) is 5.14. The highest BCUT2D eigenvalue weighted by molar-refractivity contribution is 7.89. The third-order valence-electron chi connectivity index (χ3n) is 6.59. The van der Waals surface area contributed by atoms with Crippen LogP contribution in [0.3, 0.4) is 0 Å². The number of nitrogen functional groups attached to an aromatic ring is 1. The number of carbonyl (C=O) groups is 2. The number of anilines is 1. The predicted octanol–water partition coefficient (Wildman–Crippen LogP) is 2.49. The minimum atomic E-state index is -4.03. The van der Waals surface area contributed by atoms with Crippen LogP contribution in [0.15, 0.2) is 59.5 Å². The van der Waals surface area contributed by atoms with Crippen LogP contribution in [0.4, 0.5) is 15.3 Å². The Kier molecular flexibility index (Phi) is 12.9. The second-order valence-electron chi connectivity index (χ2n) is 10.6. The zero-order valence-corrected chi connectivity index (χ0v) is 25.1. The van der Waals surface area contributed by atoms with Crippen LogP contribution in [0.1, 0.15) is 32.3 Å². The lowest BCUT2D eigenvalue weighted by atomic mass is 10.0. The lowest BCUT2D eigenvalue weighted by molar-refractivity contribution is 0.0479. The van der Waals surface area contributed by atoms with Gasteiger partial charge in [-0.15, -0.1) is 0 Å². The van der Waals surface area contributed by atoms with Crippen molar-refractivity contribution in [3.8, 4) is 0 Å². The molecule has 1 aliphatic rings. The van der Waals surface area contributed by atoms with Crippen molar-refractivity contribution < 1.29 is 32.2 Å². The van der Waals surface area contributed by atoms with E-state index in [1.165, 1.54) is 28.6 Å². The van der Waals surface area contributed by atoms with Crippen LogP contribution in [0, 0.1) is 5.92 Å². The maximum atomic E-state index is 13.8. The molecular weight excluding hydrogens is 562 g/mol. The minimum Gasteiger partial charge on any atom is -0.444 e. The number of benzene rings is 2. The van der Waals surface area contributed by atoms with Crippen molar-refractivity contribution in [3.05, 3.63) is 60.2 Å². The zero-order chi connectivity index (χ0) is 30.5. The Morgan fingerprint density at radius 1 is 1.07 bits per heavy atom. The lowest BCUT2D eigenvalue weighted by Gasteiger charge is -2.33. The molecule has 6 N–H and O–H groups in total. The summed E-state index contributed by atoms with van der Waals surface area (Å²) in [4.78, 5) is 26.0. The smallest absolute Gasteiger partial charge is 0.407 e. The van der Waals surface area contributed by atoms with Crippen LogP contribution in [0.25, 0.3) is 0 Å². The number of ether oxygens (including phenoxy) is 3. The van der Waals surface area contributed by atoms with Gasteiger partial charge in [0, 0.05) is 25.2 Å². The van der Waals surface area contributed by atoms with Crippen molar-refractivity contribution in [1.82, 2.24) is 14.9 Å². The second kappa shape index (κ2) is 16.3. The summed E-state index contributed by atoms with van der Waals surface area (Å²) in [6.07, 6.45) is -1.59. The number of nitrogens with zero attached hydrogens (tertiary/aromatic N) is 1. The highest BCUT2D eigenvalue weighted by Crippen LogP contribution is 2.22. The van der Waals surface area contributed by atoms with Crippen molar-refractivity contribution in [2.75, 3.05) is 45.1 Å². The largest absolute Gasteiger partial charge is 0.444 e. The third-order valence-corrected chi connectivity index (χ3v) is 8.44.